The minimum absolute atomic E-state index is 0.0702. The number of hydrogen-bond acceptors (Lipinski definition) is 3. The predicted molar refractivity (Wildman–Crippen MR) is 59.4 cm³/mol. The summed E-state index contributed by atoms with van der Waals surface area (Å²) in [5, 5.41) is 16.6. The van der Waals surface area contributed by atoms with Crippen LogP contribution < -0.4 is 5.32 Å². The Hall–Kier alpha value is -1.36. The Morgan fingerprint density at radius 2 is 2.38 bits per heavy atom. The molecule has 0 atom stereocenters. The van der Waals surface area contributed by atoms with Gasteiger partial charge in [-0.2, -0.15) is 5.10 Å². The Balaban J connectivity index is 2.18. The average molecular weight is 223 g/mol. The Labute approximate surface area is 94.5 Å². The maximum absolute atomic E-state index is 11.2. The Bertz CT molecular complexity index is 394. The van der Waals surface area contributed by atoms with Crippen molar-refractivity contribution in [2.24, 2.45) is 0 Å². The number of carboxylic acids is 1. The molecule has 1 heterocycles. The molecule has 16 heavy (non-hydrogen) atoms. The first-order valence-corrected chi connectivity index (χ1v) is 5.62. The van der Waals surface area contributed by atoms with Gasteiger partial charge in [-0.25, -0.2) is 4.79 Å². The summed E-state index contributed by atoms with van der Waals surface area (Å²) in [6.45, 7) is 4.45. The second-order valence-corrected chi connectivity index (χ2v) is 4.52. The van der Waals surface area contributed by atoms with Crippen LogP contribution in [0.2, 0.25) is 0 Å². The molecule has 0 bridgehead atoms. The van der Waals surface area contributed by atoms with Crippen molar-refractivity contribution in [3.05, 3.63) is 17.5 Å². The smallest absolute Gasteiger partial charge is 0.354 e. The minimum Gasteiger partial charge on any atom is -0.477 e. The zero-order valence-electron chi connectivity index (χ0n) is 9.60. The molecule has 1 aliphatic rings. The van der Waals surface area contributed by atoms with Crippen molar-refractivity contribution in [1.82, 2.24) is 15.1 Å². The van der Waals surface area contributed by atoms with Gasteiger partial charge in [0.05, 0.1) is 6.20 Å². The molecule has 0 spiro atoms. The number of aromatic carboxylic acids is 1. The van der Waals surface area contributed by atoms with E-state index in [4.69, 9.17) is 0 Å². The van der Waals surface area contributed by atoms with Crippen LogP contribution in [0.1, 0.15) is 48.8 Å². The van der Waals surface area contributed by atoms with Gasteiger partial charge < -0.3 is 10.4 Å². The van der Waals surface area contributed by atoms with E-state index in [1.54, 1.807) is 10.9 Å². The highest BCUT2D eigenvalue weighted by Gasteiger charge is 2.23. The lowest BCUT2D eigenvalue weighted by atomic mass is 10.2. The zero-order valence-corrected chi connectivity index (χ0v) is 9.60. The van der Waals surface area contributed by atoms with Crippen molar-refractivity contribution in [1.29, 1.82) is 0 Å². The second kappa shape index (κ2) is 4.25. The molecule has 0 amide bonds. The summed E-state index contributed by atoms with van der Waals surface area (Å²) >= 11 is 0. The average Bonchev–Trinajstić information content (AvgIpc) is 2.92. The van der Waals surface area contributed by atoms with Crippen LogP contribution >= 0.6 is 0 Å². The molecule has 2 N–H and O–H groups in total. The molecule has 5 heteroatoms. The van der Waals surface area contributed by atoms with Gasteiger partial charge in [0.15, 0.2) is 5.69 Å². The summed E-state index contributed by atoms with van der Waals surface area (Å²) in [7, 11) is 0. The van der Waals surface area contributed by atoms with Crippen LogP contribution in [0, 0.1) is 0 Å². The summed E-state index contributed by atoms with van der Waals surface area (Å²) in [4.78, 5) is 11.2. The topological polar surface area (TPSA) is 67.2 Å². The molecule has 2 rings (SSSR count). The Morgan fingerprint density at radius 3 is 2.88 bits per heavy atom. The molecule has 0 aliphatic heterocycles. The van der Waals surface area contributed by atoms with E-state index in [1.807, 2.05) is 13.8 Å². The van der Waals surface area contributed by atoms with Crippen LogP contribution in [-0.2, 0) is 6.54 Å². The molecule has 0 radical (unpaired) electrons. The highest BCUT2D eigenvalue weighted by Crippen LogP contribution is 2.20. The number of nitrogens with zero attached hydrogens (tertiary/aromatic N) is 2. The van der Waals surface area contributed by atoms with Crippen molar-refractivity contribution in [3.8, 4) is 0 Å². The van der Waals surface area contributed by atoms with E-state index < -0.39 is 5.97 Å². The van der Waals surface area contributed by atoms with E-state index in [1.165, 1.54) is 12.8 Å². The number of rotatable bonds is 5. The monoisotopic (exact) mass is 223 g/mol. The van der Waals surface area contributed by atoms with E-state index in [9.17, 15) is 9.90 Å². The van der Waals surface area contributed by atoms with Crippen LogP contribution in [0.3, 0.4) is 0 Å². The first-order chi connectivity index (χ1) is 7.59. The van der Waals surface area contributed by atoms with Crippen LogP contribution in [0.5, 0.6) is 0 Å². The van der Waals surface area contributed by atoms with Crippen LogP contribution in [0.4, 0.5) is 0 Å². The fourth-order valence-corrected chi connectivity index (χ4v) is 1.70. The molecule has 0 unspecified atom stereocenters. The van der Waals surface area contributed by atoms with Gasteiger partial charge in [-0.05, 0) is 26.7 Å². The molecule has 1 aromatic heterocycles. The van der Waals surface area contributed by atoms with E-state index in [0.29, 0.717) is 18.3 Å². The molecule has 1 aromatic rings. The first kappa shape index (κ1) is 11.1. The molecule has 5 nitrogen and oxygen atoms in total. The number of hydrogen-bond donors (Lipinski definition) is 2. The molecule has 88 valence electrons. The highest BCUT2D eigenvalue weighted by molar-refractivity contribution is 5.87. The molecule has 0 saturated heterocycles. The minimum atomic E-state index is -0.904. The normalized spacial score (nSPS) is 15.7. The van der Waals surface area contributed by atoms with Gasteiger partial charge in [-0.3, -0.25) is 4.68 Å². The quantitative estimate of drug-likeness (QED) is 0.792. The number of aromatic nitrogens is 2. The molecule has 0 aromatic carbocycles. The Morgan fingerprint density at radius 1 is 1.69 bits per heavy atom. The lowest BCUT2D eigenvalue weighted by Gasteiger charge is -2.09. The maximum atomic E-state index is 11.2. The van der Waals surface area contributed by atoms with Crippen LogP contribution in [0.25, 0.3) is 0 Å². The third kappa shape index (κ3) is 2.24. The zero-order chi connectivity index (χ0) is 11.7. The largest absolute Gasteiger partial charge is 0.477 e. The van der Waals surface area contributed by atoms with E-state index in [0.717, 1.165) is 5.56 Å². The molecule has 1 fully saturated rings. The number of nitrogens with one attached hydrogen (secondary N) is 1. The third-order valence-electron chi connectivity index (χ3n) is 2.72. The third-order valence-corrected chi connectivity index (χ3v) is 2.72. The maximum Gasteiger partial charge on any atom is 0.354 e. The van der Waals surface area contributed by atoms with Gasteiger partial charge in [-0.15, -0.1) is 0 Å². The fraction of sp³-hybridized carbons (Fsp3) is 0.636. The highest BCUT2D eigenvalue weighted by atomic mass is 16.4. The number of carbonyl (C=O) groups is 1. The standard InChI is InChI=1S/C11H17N3O2/c1-7(2)14-10(11(15)16)8(6-13-14)5-12-9-3-4-9/h6-7,9,12H,3-5H2,1-2H3,(H,15,16). The molecule has 1 saturated carbocycles. The lowest BCUT2D eigenvalue weighted by Crippen LogP contribution is -2.19. The van der Waals surface area contributed by atoms with Gasteiger partial charge in [0.2, 0.25) is 0 Å². The van der Waals surface area contributed by atoms with Gasteiger partial charge >= 0.3 is 5.97 Å². The molecule has 1 aliphatic carbocycles. The van der Waals surface area contributed by atoms with Crippen molar-refractivity contribution in [2.75, 3.05) is 0 Å². The summed E-state index contributed by atoms with van der Waals surface area (Å²) in [6, 6.07) is 0.643. The first-order valence-electron chi connectivity index (χ1n) is 5.62. The van der Waals surface area contributed by atoms with Crippen molar-refractivity contribution in [2.45, 2.75) is 45.3 Å². The molecular weight excluding hydrogens is 206 g/mol. The van der Waals surface area contributed by atoms with E-state index in [-0.39, 0.29) is 6.04 Å². The molecular formula is C11H17N3O2. The summed E-state index contributed by atoms with van der Waals surface area (Å²) in [5.74, 6) is -0.904. The summed E-state index contributed by atoms with van der Waals surface area (Å²) in [5.41, 5.74) is 1.08. The lowest BCUT2D eigenvalue weighted by molar-refractivity contribution is 0.0679. The van der Waals surface area contributed by atoms with E-state index in [2.05, 4.69) is 10.4 Å². The van der Waals surface area contributed by atoms with Gasteiger partial charge in [0.25, 0.3) is 0 Å². The second-order valence-electron chi connectivity index (χ2n) is 4.52. The summed E-state index contributed by atoms with van der Waals surface area (Å²) < 4.78 is 1.56. The SMILES string of the molecule is CC(C)n1ncc(CNC2CC2)c1C(=O)O. The van der Waals surface area contributed by atoms with Crippen molar-refractivity contribution >= 4 is 5.97 Å². The predicted octanol–water partition coefficient (Wildman–Crippen LogP) is 1.41. The van der Waals surface area contributed by atoms with Crippen LogP contribution in [-0.4, -0.2) is 26.9 Å². The van der Waals surface area contributed by atoms with Crippen molar-refractivity contribution < 1.29 is 9.90 Å². The van der Waals surface area contributed by atoms with Gasteiger partial charge in [0, 0.05) is 24.2 Å². The van der Waals surface area contributed by atoms with Crippen LogP contribution in [0.15, 0.2) is 6.20 Å². The fourth-order valence-electron chi connectivity index (χ4n) is 1.70. The van der Waals surface area contributed by atoms with E-state index >= 15 is 0 Å². The van der Waals surface area contributed by atoms with Gasteiger partial charge in [0.1, 0.15) is 0 Å². The Kier molecular flexibility index (Phi) is 2.96. The number of carboxylic acid groups (broad SMARTS) is 1. The summed E-state index contributed by atoms with van der Waals surface area (Å²) in [6.07, 6.45) is 4.04. The van der Waals surface area contributed by atoms with Gasteiger partial charge in [-0.1, -0.05) is 0 Å². The van der Waals surface area contributed by atoms with Crippen molar-refractivity contribution in [3.63, 3.8) is 0 Å².